The van der Waals surface area contributed by atoms with Gasteiger partial charge in [0.2, 0.25) is 5.92 Å². The maximum Gasteiger partial charge on any atom is 0.410 e. The molecule has 0 bridgehead atoms. The number of nitrogens with zero attached hydrogens (tertiary/aromatic N) is 1. The van der Waals surface area contributed by atoms with E-state index in [9.17, 15) is 23.5 Å². The first-order chi connectivity index (χ1) is 14.8. The molecular formula is C23H30BrF2NO5. The Morgan fingerprint density at radius 3 is 2.22 bits per heavy atom. The van der Waals surface area contributed by atoms with Gasteiger partial charge in [-0.1, -0.05) is 28.1 Å². The number of ether oxygens (including phenoxy) is 2. The van der Waals surface area contributed by atoms with E-state index in [1.165, 1.54) is 0 Å². The molecule has 0 aromatic heterocycles. The molecule has 1 aromatic carbocycles. The summed E-state index contributed by atoms with van der Waals surface area (Å²) < 4.78 is 39.6. The molecule has 2 unspecified atom stereocenters. The third-order valence-electron chi connectivity index (χ3n) is 5.96. The second-order valence-electron chi connectivity index (χ2n) is 9.64. The quantitative estimate of drug-likeness (QED) is 0.567. The highest BCUT2D eigenvalue weighted by atomic mass is 79.9. The van der Waals surface area contributed by atoms with Crippen LogP contribution in [0.25, 0.3) is 0 Å². The molecule has 6 nitrogen and oxygen atoms in total. The molecule has 1 saturated heterocycles. The minimum absolute atomic E-state index is 0.0196. The van der Waals surface area contributed by atoms with Crippen molar-refractivity contribution < 1.29 is 33.0 Å². The molecule has 0 spiro atoms. The molecule has 3 rings (SSSR count). The van der Waals surface area contributed by atoms with Gasteiger partial charge in [-0.15, -0.1) is 0 Å². The zero-order valence-electron chi connectivity index (χ0n) is 18.6. The average molecular weight is 518 g/mol. The highest BCUT2D eigenvalue weighted by Gasteiger charge is 2.55. The molecule has 0 radical (unpaired) electrons. The number of alkyl halides is 2. The van der Waals surface area contributed by atoms with E-state index in [1.54, 1.807) is 49.9 Å². The van der Waals surface area contributed by atoms with Crippen LogP contribution in [0.1, 0.15) is 58.4 Å². The Bertz CT molecular complexity index is 834. The number of amides is 1. The van der Waals surface area contributed by atoms with Crippen LogP contribution in [-0.4, -0.2) is 52.8 Å². The van der Waals surface area contributed by atoms with Gasteiger partial charge in [0.15, 0.2) is 5.60 Å². The summed E-state index contributed by atoms with van der Waals surface area (Å²) in [6, 6.07) is 6.40. The van der Waals surface area contributed by atoms with Crippen molar-refractivity contribution in [2.75, 3.05) is 13.1 Å². The molecule has 1 aliphatic carbocycles. The van der Waals surface area contributed by atoms with Crippen molar-refractivity contribution in [3.05, 3.63) is 34.3 Å². The SMILES string of the molecule is CC(C)(C)OC(=O)N1CCC(OC(=O)C(O)(c2ccc(Br)cc2)C2CCC(F)(F)C2)CC1. The number of hydrogen-bond acceptors (Lipinski definition) is 5. The highest BCUT2D eigenvalue weighted by Crippen LogP contribution is 2.48. The Balaban J connectivity index is 1.70. The summed E-state index contributed by atoms with van der Waals surface area (Å²) in [4.78, 5) is 27.0. The van der Waals surface area contributed by atoms with Crippen LogP contribution in [0.2, 0.25) is 0 Å². The molecule has 1 aliphatic heterocycles. The Kier molecular flexibility index (Phi) is 7.20. The number of likely N-dealkylation sites (tertiary alicyclic amines) is 1. The lowest BCUT2D eigenvalue weighted by Crippen LogP contribution is -2.48. The summed E-state index contributed by atoms with van der Waals surface area (Å²) in [7, 11) is 0. The first-order valence-electron chi connectivity index (χ1n) is 10.9. The first-order valence-corrected chi connectivity index (χ1v) is 11.6. The monoisotopic (exact) mass is 517 g/mol. The van der Waals surface area contributed by atoms with Gasteiger partial charge in [0.05, 0.1) is 0 Å². The van der Waals surface area contributed by atoms with E-state index in [2.05, 4.69) is 15.9 Å². The molecule has 178 valence electrons. The van der Waals surface area contributed by atoms with Crippen LogP contribution in [0.5, 0.6) is 0 Å². The van der Waals surface area contributed by atoms with Gasteiger partial charge in [-0.2, -0.15) is 0 Å². The summed E-state index contributed by atoms with van der Waals surface area (Å²) in [6.07, 6.45) is -1.13. The standard InChI is InChI=1S/C23H30BrF2NO5/c1-21(2,3)32-20(29)27-12-9-18(10-13-27)31-19(28)23(30,15-4-6-17(24)7-5-15)16-8-11-22(25,26)14-16/h4-7,16,18,30H,8-14H2,1-3H3. The van der Waals surface area contributed by atoms with E-state index in [-0.39, 0.29) is 18.4 Å². The van der Waals surface area contributed by atoms with Gasteiger partial charge >= 0.3 is 12.1 Å². The molecule has 1 heterocycles. The van der Waals surface area contributed by atoms with Gasteiger partial charge in [-0.05, 0) is 44.9 Å². The normalized spacial score (nSPS) is 23.5. The molecule has 2 fully saturated rings. The summed E-state index contributed by atoms with van der Waals surface area (Å²) in [5.41, 5.74) is -2.53. The highest BCUT2D eigenvalue weighted by molar-refractivity contribution is 9.10. The number of rotatable bonds is 4. The third-order valence-corrected chi connectivity index (χ3v) is 6.49. The summed E-state index contributed by atoms with van der Waals surface area (Å²) in [6.45, 7) is 6.04. The van der Waals surface area contributed by atoms with Gasteiger partial charge < -0.3 is 19.5 Å². The van der Waals surface area contributed by atoms with Crippen LogP contribution in [0.15, 0.2) is 28.7 Å². The Labute approximate surface area is 195 Å². The van der Waals surface area contributed by atoms with Gasteiger partial charge in [0.25, 0.3) is 0 Å². The average Bonchev–Trinajstić information content (AvgIpc) is 3.07. The number of halogens is 3. The van der Waals surface area contributed by atoms with E-state index in [1.807, 2.05) is 0 Å². The zero-order valence-corrected chi connectivity index (χ0v) is 20.2. The van der Waals surface area contributed by atoms with Gasteiger partial charge in [-0.3, -0.25) is 0 Å². The summed E-state index contributed by atoms with van der Waals surface area (Å²) in [5, 5.41) is 11.5. The van der Waals surface area contributed by atoms with E-state index in [0.717, 1.165) is 4.47 Å². The van der Waals surface area contributed by atoms with E-state index in [4.69, 9.17) is 9.47 Å². The number of hydrogen-bond donors (Lipinski definition) is 1. The van der Waals surface area contributed by atoms with E-state index in [0.29, 0.717) is 25.9 Å². The number of carbonyl (C=O) groups excluding carboxylic acids is 2. The van der Waals surface area contributed by atoms with Crippen molar-refractivity contribution in [3.63, 3.8) is 0 Å². The first kappa shape index (κ1) is 24.9. The van der Waals surface area contributed by atoms with Crippen LogP contribution in [-0.2, 0) is 19.9 Å². The van der Waals surface area contributed by atoms with E-state index >= 15 is 0 Å². The van der Waals surface area contributed by atoms with Gasteiger partial charge in [-0.25, -0.2) is 18.4 Å². The fourth-order valence-corrected chi connectivity index (χ4v) is 4.52. The van der Waals surface area contributed by atoms with E-state index < -0.39 is 47.6 Å². The lowest BCUT2D eigenvalue weighted by Gasteiger charge is -2.36. The van der Waals surface area contributed by atoms with Gasteiger partial charge in [0.1, 0.15) is 11.7 Å². The van der Waals surface area contributed by atoms with Crippen LogP contribution in [0.3, 0.4) is 0 Å². The molecule has 1 amide bonds. The lowest BCUT2D eigenvalue weighted by atomic mass is 9.80. The van der Waals surface area contributed by atoms with Crippen molar-refractivity contribution in [2.24, 2.45) is 5.92 Å². The van der Waals surface area contributed by atoms with Crippen molar-refractivity contribution >= 4 is 28.0 Å². The van der Waals surface area contributed by atoms with Gasteiger partial charge in [0, 0.05) is 49.2 Å². The fraction of sp³-hybridized carbons (Fsp3) is 0.652. The molecule has 2 aliphatic rings. The Morgan fingerprint density at radius 1 is 1.12 bits per heavy atom. The minimum atomic E-state index is -2.92. The smallest absolute Gasteiger partial charge is 0.410 e. The molecular weight excluding hydrogens is 488 g/mol. The molecule has 1 saturated carbocycles. The van der Waals surface area contributed by atoms with Crippen molar-refractivity contribution in [1.29, 1.82) is 0 Å². The molecule has 9 heteroatoms. The number of benzene rings is 1. The minimum Gasteiger partial charge on any atom is -0.460 e. The van der Waals surface area contributed by atoms with Crippen LogP contribution in [0.4, 0.5) is 13.6 Å². The van der Waals surface area contributed by atoms with Crippen LogP contribution < -0.4 is 0 Å². The molecule has 2 atom stereocenters. The summed E-state index contributed by atoms with van der Waals surface area (Å²) in [5.74, 6) is -4.79. The van der Waals surface area contributed by atoms with Crippen LogP contribution >= 0.6 is 15.9 Å². The number of aliphatic hydroxyl groups is 1. The number of esters is 1. The third kappa shape index (κ3) is 5.78. The second kappa shape index (κ2) is 9.25. The Morgan fingerprint density at radius 2 is 1.72 bits per heavy atom. The lowest BCUT2D eigenvalue weighted by molar-refractivity contribution is -0.182. The fourth-order valence-electron chi connectivity index (χ4n) is 4.25. The van der Waals surface area contributed by atoms with Crippen molar-refractivity contribution in [2.45, 2.75) is 76.1 Å². The predicted molar refractivity (Wildman–Crippen MR) is 117 cm³/mol. The molecule has 1 aromatic rings. The Hall–Kier alpha value is -1.74. The van der Waals surface area contributed by atoms with Crippen LogP contribution in [0, 0.1) is 5.92 Å². The number of piperidine rings is 1. The number of carbonyl (C=O) groups is 2. The maximum atomic E-state index is 13.9. The molecule has 1 N–H and O–H groups in total. The predicted octanol–water partition coefficient (Wildman–Crippen LogP) is 5.01. The molecule has 32 heavy (non-hydrogen) atoms. The van der Waals surface area contributed by atoms with Crippen molar-refractivity contribution in [1.82, 2.24) is 4.90 Å². The zero-order chi connectivity index (χ0) is 23.7. The maximum absolute atomic E-state index is 13.9. The topological polar surface area (TPSA) is 76.1 Å². The van der Waals surface area contributed by atoms with Crippen molar-refractivity contribution in [3.8, 4) is 0 Å². The second-order valence-corrected chi connectivity index (χ2v) is 10.6. The largest absolute Gasteiger partial charge is 0.460 e. The summed E-state index contributed by atoms with van der Waals surface area (Å²) >= 11 is 3.31.